The van der Waals surface area contributed by atoms with Crippen molar-refractivity contribution in [2.45, 2.75) is 18.9 Å². The molecule has 0 aliphatic heterocycles. The van der Waals surface area contributed by atoms with E-state index in [1.54, 1.807) is 7.11 Å². The predicted molar refractivity (Wildman–Crippen MR) is 82.4 cm³/mol. The van der Waals surface area contributed by atoms with Crippen molar-refractivity contribution in [3.63, 3.8) is 0 Å². The van der Waals surface area contributed by atoms with Crippen LogP contribution in [0.5, 0.6) is 5.75 Å². The van der Waals surface area contributed by atoms with Crippen LogP contribution >= 0.6 is 15.9 Å². The Balaban J connectivity index is 2.05. The first-order valence-electron chi connectivity index (χ1n) is 6.33. The van der Waals surface area contributed by atoms with Crippen LogP contribution < -0.4 is 10.5 Å². The van der Waals surface area contributed by atoms with Gasteiger partial charge in [-0.2, -0.15) is 0 Å². The van der Waals surface area contributed by atoms with Crippen molar-refractivity contribution >= 4 is 15.9 Å². The van der Waals surface area contributed by atoms with E-state index in [4.69, 9.17) is 10.5 Å². The number of hydrogen-bond donors (Lipinski definition) is 1. The van der Waals surface area contributed by atoms with Gasteiger partial charge in [0.25, 0.3) is 0 Å². The predicted octanol–water partition coefficient (Wildman–Crippen LogP) is 4.09. The first-order chi connectivity index (χ1) is 9.20. The minimum Gasteiger partial charge on any atom is -0.496 e. The second kappa shape index (κ2) is 6.73. The lowest BCUT2D eigenvalue weighted by Gasteiger charge is -2.16. The standard InChI is InChI=1S/C16H18BrNO/c1-19-16-11-13(17)8-9-14(16)15(18)10-7-12-5-3-2-4-6-12/h2-6,8-9,11,15H,7,10,18H2,1H3. The highest BCUT2D eigenvalue weighted by Gasteiger charge is 2.12. The monoisotopic (exact) mass is 319 g/mol. The van der Waals surface area contributed by atoms with Crippen molar-refractivity contribution < 1.29 is 4.74 Å². The van der Waals surface area contributed by atoms with E-state index in [0.29, 0.717) is 0 Å². The molecule has 0 aliphatic rings. The van der Waals surface area contributed by atoms with Gasteiger partial charge in [-0.1, -0.05) is 52.3 Å². The highest BCUT2D eigenvalue weighted by atomic mass is 79.9. The highest BCUT2D eigenvalue weighted by Crippen LogP contribution is 2.29. The highest BCUT2D eigenvalue weighted by molar-refractivity contribution is 9.10. The normalized spacial score (nSPS) is 12.2. The van der Waals surface area contributed by atoms with Gasteiger partial charge in [0.15, 0.2) is 0 Å². The van der Waals surface area contributed by atoms with Crippen molar-refractivity contribution in [2.24, 2.45) is 5.73 Å². The smallest absolute Gasteiger partial charge is 0.124 e. The zero-order valence-corrected chi connectivity index (χ0v) is 12.6. The fraction of sp³-hybridized carbons (Fsp3) is 0.250. The van der Waals surface area contributed by atoms with Gasteiger partial charge in [0.1, 0.15) is 5.75 Å². The Kier molecular flexibility index (Phi) is 5.00. The Bertz CT molecular complexity index is 528. The number of methoxy groups -OCH3 is 1. The van der Waals surface area contributed by atoms with Crippen molar-refractivity contribution in [3.05, 3.63) is 64.1 Å². The van der Waals surface area contributed by atoms with Gasteiger partial charge >= 0.3 is 0 Å². The quantitative estimate of drug-likeness (QED) is 0.900. The van der Waals surface area contributed by atoms with Crippen LogP contribution in [-0.4, -0.2) is 7.11 Å². The third kappa shape index (κ3) is 3.82. The minimum absolute atomic E-state index is 0.0109. The maximum absolute atomic E-state index is 6.27. The summed E-state index contributed by atoms with van der Waals surface area (Å²) in [5.74, 6) is 0.843. The van der Waals surface area contributed by atoms with Crippen LogP contribution in [-0.2, 0) is 6.42 Å². The molecule has 0 heterocycles. The summed E-state index contributed by atoms with van der Waals surface area (Å²) in [5.41, 5.74) is 8.64. The fourth-order valence-electron chi connectivity index (χ4n) is 2.11. The molecule has 2 rings (SSSR count). The molecule has 2 N–H and O–H groups in total. The summed E-state index contributed by atoms with van der Waals surface area (Å²) in [6, 6.07) is 16.4. The molecule has 0 saturated heterocycles. The maximum Gasteiger partial charge on any atom is 0.124 e. The van der Waals surface area contributed by atoms with E-state index >= 15 is 0 Å². The molecule has 0 bridgehead atoms. The molecule has 1 atom stereocenters. The van der Waals surface area contributed by atoms with Crippen LogP contribution in [0.25, 0.3) is 0 Å². The maximum atomic E-state index is 6.27. The van der Waals surface area contributed by atoms with Gasteiger partial charge in [-0.15, -0.1) is 0 Å². The van der Waals surface area contributed by atoms with E-state index < -0.39 is 0 Å². The van der Waals surface area contributed by atoms with Gasteiger partial charge in [0.2, 0.25) is 0 Å². The van der Waals surface area contributed by atoms with E-state index in [1.165, 1.54) is 5.56 Å². The molecular weight excluding hydrogens is 302 g/mol. The zero-order valence-electron chi connectivity index (χ0n) is 11.0. The molecule has 100 valence electrons. The SMILES string of the molecule is COc1cc(Br)ccc1C(N)CCc1ccccc1. The molecule has 2 aromatic carbocycles. The molecule has 0 amide bonds. The number of hydrogen-bond acceptors (Lipinski definition) is 2. The van der Waals surface area contributed by atoms with Crippen LogP contribution in [0.2, 0.25) is 0 Å². The van der Waals surface area contributed by atoms with E-state index in [9.17, 15) is 0 Å². The Morgan fingerprint density at radius 1 is 1.16 bits per heavy atom. The van der Waals surface area contributed by atoms with Crippen molar-refractivity contribution in [1.29, 1.82) is 0 Å². The van der Waals surface area contributed by atoms with E-state index in [1.807, 2.05) is 24.3 Å². The number of halogens is 1. The number of nitrogens with two attached hydrogens (primary N) is 1. The Hall–Kier alpha value is -1.32. The molecule has 0 aromatic heterocycles. The number of benzene rings is 2. The molecule has 0 radical (unpaired) electrons. The van der Waals surface area contributed by atoms with Gasteiger partial charge in [-0.25, -0.2) is 0 Å². The number of aryl methyl sites for hydroxylation is 1. The van der Waals surface area contributed by atoms with Crippen molar-refractivity contribution in [1.82, 2.24) is 0 Å². The molecular formula is C16H18BrNO. The summed E-state index contributed by atoms with van der Waals surface area (Å²) >= 11 is 3.44. The largest absolute Gasteiger partial charge is 0.496 e. The molecule has 0 spiro atoms. The summed E-state index contributed by atoms with van der Waals surface area (Å²) in [7, 11) is 1.68. The molecule has 2 aromatic rings. The van der Waals surface area contributed by atoms with Gasteiger partial charge in [-0.3, -0.25) is 0 Å². The third-order valence-corrected chi connectivity index (χ3v) is 3.68. The number of rotatable bonds is 5. The molecule has 2 nitrogen and oxygen atoms in total. The Labute approximate surface area is 122 Å². The van der Waals surface area contributed by atoms with Crippen LogP contribution in [0, 0.1) is 0 Å². The lowest BCUT2D eigenvalue weighted by Crippen LogP contribution is -2.12. The van der Waals surface area contributed by atoms with Gasteiger partial charge in [-0.05, 0) is 30.5 Å². The Morgan fingerprint density at radius 2 is 1.89 bits per heavy atom. The molecule has 19 heavy (non-hydrogen) atoms. The van der Waals surface area contributed by atoms with Gasteiger partial charge in [0.05, 0.1) is 7.11 Å². The molecule has 0 fully saturated rings. The van der Waals surface area contributed by atoms with Crippen LogP contribution in [0.3, 0.4) is 0 Å². The van der Waals surface area contributed by atoms with E-state index in [-0.39, 0.29) is 6.04 Å². The van der Waals surface area contributed by atoms with Crippen LogP contribution in [0.15, 0.2) is 53.0 Å². The first kappa shape index (κ1) is 14.1. The molecule has 3 heteroatoms. The lowest BCUT2D eigenvalue weighted by molar-refractivity contribution is 0.404. The van der Waals surface area contributed by atoms with Gasteiger partial charge < -0.3 is 10.5 Å². The summed E-state index contributed by atoms with van der Waals surface area (Å²) in [6.07, 6.45) is 1.88. The average Bonchev–Trinajstić information content (AvgIpc) is 2.45. The summed E-state index contributed by atoms with van der Waals surface area (Å²) < 4.78 is 6.39. The van der Waals surface area contributed by atoms with Crippen molar-refractivity contribution in [2.75, 3.05) is 7.11 Å². The zero-order chi connectivity index (χ0) is 13.7. The fourth-order valence-corrected chi connectivity index (χ4v) is 2.45. The first-order valence-corrected chi connectivity index (χ1v) is 7.13. The Morgan fingerprint density at radius 3 is 2.58 bits per heavy atom. The topological polar surface area (TPSA) is 35.2 Å². The number of ether oxygens (including phenoxy) is 1. The average molecular weight is 320 g/mol. The molecule has 0 aliphatic carbocycles. The van der Waals surface area contributed by atoms with Crippen LogP contribution in [0.1, 0.15) is 23.6 Å². The minimum atomic E-state index is -0.0109. The second-order valence-corrected chi connectivity index (χ2v) is 5.43. The lowest BCUT2D eigenvalue weighted by atomic mass is 9.99. The summed E-state index contributed by atoms with van der Waals surface area (Å²) in [4.78, 5) is 0. The molecule has 0 saturated carbocycles. The second-order valence-electron chi connectivity index (χ2n) is 4.52. The van der Waals surface area contributed by atoms with E-state index in [2.05, 4.69) is 40.2 Å². The molecule has 1 unspecified atom stereocenters. The van der Waals surface area contributed by atoms with Crippen LogP contribution in [0.4, 0.5) is 0 Å². The van der Waals surface area contributed by atoms with Crippen molar-refractivity contribution in [3.8, 4) is 5.75 Å². The van der Waals surface area contributed by atoms with E-state index in [0.717, 1.165) is 28.6 Å². The summed E-state index contributed by atoms with van der Waals surface area (Å²) in [6.45, 7) is 0. The summed E-state index contributed by atoms with van der Waals surface area (Å²) in [5, 5.41) is 0. The van der Waals surface area contributed by atoms with Gasteiger partial charge in [0, 0.05) is 16.1 Å². The third-order valence-electron chi connectivity index (χ3n) is 3.18.